The molecule has 6 nitrogen and oxygen atoms in total. The van der Waals surface area contributed by atoms with E-state index in [0.717, 1.165) is 0 Å². The second-order valence-corrected chi connectivity index (χ2v) is 3.84. The van der Waals surface area contributed by atoms with E-state index in [1.165, 1.54) is 0 Å². The molecule has 3 radical (unpaired) electrons. The van der Waals surface area contributed by atoms with E-state index in [2.05, 4.69) is 52.1 Å². The van der Waals surface area contributed by atoms with Crippen LogP contribution in [0.2, 0.25) is 0 Å². The summed E-state index contributed by atoms with van der Waals surface area (Å²) in [6.45, 7) is 6.63. The van der Waals surface area contributed by atoms with E-state index in [9.17, 15) is 14.4 Å². The van der Waals surface area contributed by atoms with Crippen molar-refractivity contribution in [2.24, 2.45) is 0 Å². The van der Waals surface area contributed by atoms with Gasteiger partial charge in [-0.3, -0.25) is 14.4 Å². The fourth-order valence-corrected chi connectivity index (χ4v) is 0.894. The van der Waals surface area contributed by atoms with Crippen molar-refractivity contribution in [1.82, 2.24) is 0 Å². The molecule has 0 aromatic carbocycles. The van der Waals surface area contributed by atoms with Crippen LogP contribution < -0.4 is 0 Å². The van der Waals surface area contributed by atoms with Gasteiger partial charge in [-0.25, -0.2) is 0 Å². The zero-order valence-electron chi connectivity index (χ0n) is 13.0. The Bertz CT molecular complexity index is 237. The summed E-state index contributed by atoms with van der Waals surface area (Å²) in [5.74, 6) is -0.252. The van der Waals surface area contributed by atoms with Crippen LogP contribution in [0.4, 0.5) is 0 Å². The third-order valence-corrected chi connectivity index (χ3v) is 2.08. The van der Waals surface area contributed by atoms with E-state index < -0.39 is 0 Å². The molecule has 0 aliphatic heterocycles. The Morgan fingerprint density at radius 3 is 0.864 bits per heavy atom. The number of carbonyl (C=O) groups excluding carboxylic acids is 3. The van der Waals surface area contributed by atoms with E-state index in [4.69, 9.17) is 0 Å². The first kappa shape index (κ1) is 30.2. The number of ether oxygens (including phenoxy) is 3. The normalized spacial score (nSPS) is 7.91. The third kappa shape index (κ3) is 32.3. The summed E-state index contributed by atoms with van der Waals surface area (Å²) in [6.07, 6.45) is 0. The van der Waals surface area contributed by atoms with Gasteiger partial charge in [0.1, 0.15) is 0 Å². The largest absolute Gasteiger partial charge is 0.465 e. The second kappa shape index (κ2) is 26.2. The van der Waals surface area contributed by atoms with Crippen LogP contribution >= 0.6 is 37.9 Å². The van der Waals surface area contributed by atoms with E-state index >= 15 is 0 Å². The number of esters is 3. The molecule has 0 amide bonds. The SMILES string of the molecule is CCOC(=O)CS.CCOC(=O)CS.CCOC(=O)CS.[Sb]. The Hall–Kier alpha value is 0.278. The Kier molecular flexibility index (Phi) is 35.9. The first-order valence-corrected chi connectivity index (χ1v) is 8.12. The van der Waals surface area contributed by atoms with Crippen LogP contribution in [0.5, 0.6) is 0 Å². The second-order valence-electron chi connectivity index (χ2n) is 2.89. The predicted molar refractivity (Wildman–Crippen MR) is 97.2 cm³/mol. The van der Waals surface area contributed by atoms with Gasteiger partial charge in [-0.1, -0.05) is 0 Å². The molecule has 0 aromatic heterocycles. The fourth-order valence-electron chi connectivity index (χ4n) is 0.620. The molecule has 0 aromatic rings. The van der Waals surface area contributed by atoms with Gasteiger partial charge in [0.15, 0.2) is 0 Å². The van der Waals surface area contributed by atoms with Gasteiger partial charge in [-0.05, 0) is 20.8 Å². The molecular formula is C12H24O6S3Sb. The summed E-state index contributed by atoms with van der Waals surface area (Å²) >= 11 is 11.0. The van der Waals surface area contributed by atoms with Crippen molar-refractivity contribution >= 4 is 80.2 Å². The van der Waals surface area contributed by atoms with Gasteiger partial charge >= 0.3 is 17.9 Å². The van der Waals surface area contributed by atoms with Gasteiger partial charge in [0, 0.05) is 24.4 Å². The smallest absolute Gasteiger partial charge is 0.315 e. The van der Waals surface area contributed by atoms with Gasteiger partial charge in [0.25, 0.3) is 0 Å². The van der Waals surface area contributed by atoms with Crippen molar-refractivity contribution < 1.29 is 28.6 Å². The number of carbonyl (C=O) groups is 3. The Labute approximate surface area is 166 Å². The minimum Gasteiger partial charge on any atom is -0.465 e. The maximum Gasteiger partial charge on any atom is 0.315 e. The first-order chi connectivity index (χ1) is 9.92. The molecule has 0 spiro atoms. The topological polar surface area (TPSA) is 78.9 Å². The number of hydrogen-bond donors (Lipinski definition) is 3. The zero-order valence-corrected chi connectivity index (χ0v) is 18.2. The average molecular weight is 482 g/mol. The maximum atomic E-state index is 10.1. The molecule has 0 aliphatic carbocycles. The molecule has 131 valence electrons. The van der Waals surface area contributed by atoms with Gasteiger partial charge in [-0.2, -0.15) is 37.9 Å². The molecule has 0 aliphatic rings. The van der Waals surface area contributed by atoms with Crippen molar-refractivity contribution in [3.05, 3.63) is 0 Å². The van der Waals surface area contributed by atoms with Gasteiger partial charge in [0.05, 0.1) is 37.1 Å². The summed E-state index contributed by atoms with van der Waals surface area (Å²) in [5, 5.41) is 0. The van der Waals surface area contributed by atoms with Crippen molar-refractivity contribution in [2.75, 3.05) is 37.1 Å². The molecule has 0 rings (SSSR count). The molecule has 0 bridgehead atoms. The van der Waals surface area contributed by atoms with E-state index in [0.29, 0.717) is 19.8 Å². The average Bonchev–Trinajstić information content (AvgIpc) is 2.49. The van der Waals surface area contributed by atoms with Crippen LogP contribution in [0.1, 0.15) is 20.8 Å². The summed E-state index contributed by atoms with van der Waals surface area (Å²) in [5.41, 5.74) is 0. The standard InChI is InChI=1S/3C4H8O2S.Sb/c3*1-2-6-4(5)3-7;/h3*7H,2-3H2,1H3;. The zero-order chi connectivity index (χ0) is 17.1. The van der Waals surface area contributed by atoms with Crippen LogP contribution in [0.3, 0.4) is 0 Å². The van der Waals surface area contributed by atoms with Crippen molar-refractivity contribution in [3.8, 4) is 0 Å². The summed E-state index contributed by atoms with van der Waals surface area (Å²) in [7, 11) is 0. The molecule has 0 saturated heterocycles. The first-order valence-electron chi connectivity index (χ1n) is 6.22. The number of hydrogen-bond acceptors (Lipinski definition) is 9. The van der Waals surface area contributed by atoms with E-state index in [1.807, 2.05) is 0 Å². The van der Waals surface area contributed by atoms with E-state index in [1.54, 1.807) is 20.8 Å². The Balaban J connectivity index is -0.000000108. The quantitative estimate of drug-likeness (QED) is 0.228. The van der Waals surface area contributed by atoms with Gasteiger partial charge in [-0.15, -0.1) is 0 Å². The fraction of sp³-hybridized carbons (Fsp3) is 0.750. The van der Waals surface area contributed by atoms with E-state index in [-0.39, 0.29) is 59.6 Å². The molecule has 10 heteroatoms. The summed E-state index contributed by atoms with van der Waals surface area (Å²) in [4.78, 5) is 30.3. The van der Waals surface area contributed by atoms with Crippen LogP contribution in [-0.2, 0) is 28.6 Å². The van der Waals surface area contributed by atoms with Crippen LogP contribution in [0.25, 0.3) is 0 Å². The predicted octanol–water partition coefficient (Wildman–Crippen LogP) is 1.06. The molecule has 22 heavy (non-hydrogen) atoms. The van der Waals surface area contributed by atoms with Crippen molar-refractivity contribution in [2.45, 2.75) is 20.8 Å². The van der Waals surface area contributed by atoms with Crippen LogP contribution in [0.15, 0.2) is 0 Å². The van der Waals surface area contributed by atoms with Crippen LogP contribution in [-0.4, -0.2) is 79.4 Å². The number of thiol groups is 3. The number of rotatable bonds is 6. The van der Waals surface area contributed by atoms with Gasteiger partial charge < -0.3 is 14.2 Å². The molecule has 0 heterocycles. The minimum absolute atomic E-state index is 0. The monoisotopic (exact) mass is 481 g/mol. The van der Waals surface area contributed by atoms with Crippen LogP contribution in [0, 0.1) is 0 Å². The molecule has 0 N–H and O–H groups in total. The molecule has 0 fully saturated rings. The third-order valence-electron chi connectivity index (χ3n) is 1.30. The minimum atomic E-state index is -0.258. The molecule has 0 saturated carbocycles. The Morgan fingerprint density at radius 1 is 0.636 bits per heavy atom. The molecule has 0 atom stereocenters. The van der Waals surface area contributed by atoms with Gasteiger partial charge in [0.2, 0.25) is 0 Å². The maximum absolute atomic E-state index is 10.1. The van der Waals surface area contributed by atoms with Crippen molar-refractivity contribution in [1.29, 1.82) is 0 Å². The molecule has 0 unspecified atom stereocenters. The van der Waals surface area contributed by atoms with Crippen molar-refractivity contribution in [3.63, 3.8) is 0 Å². The molecular weight excluding hydrogens is 458 g/mol. The summed E-state index contributed by atoms with van der Waals surface area (Å²) < 4.78 is 13.4. The Morgan fingerprint density at radius 2 is 0.818 bits per heavy atom. The summed E-state index contributed by atoms with van der Waals surface area (Å²) in [6, 6.07) is 0.